The van der Waals surface area contributed by atoms with Crippen molar-refractivity contribution in [3.63, 3.8) is 0 Å². The maximum Gasteiger partial charge on any atom is 0.317 e. The summed E-state index contributed by atoms with van der Waals surface area (Å²) in [4.78, 5) is 23.2. The summed E-state index contributed by atoms with van der Waals surface area (Å²) < 4.78 is 10.4. The van der Waals surface area contributed by atoms with E-state index in [4.69, 9.17) is 9.47 Å². The van der Waals surface area contributed by atoms with Crippen LogP contribution in [0.15, 0.2) is 0 Å². The van der Waals surface area contributed by atoms with Gasteiger partial charge in [-0.3, -0.25) is 9.59 Å². The van der Waals surface area contributed by atoms with E-state index in [1.165, 1.54) is 19.3 Å². The Labute approximate surface area is 128 Å². The maximum atomic E-state index is 11.6. The summed E-state index contributed by atoms with van der Waals surface area (Å²) in [6, 6.07) is 0. The molecule has 1 rings (SSSR count). The first kappa shape index (κ1) is 18.0. The minimum Gasteiger partial charge on any atom is -0.465 e. The number of esters is 2. The molecule has 1 fully saturated rings. The average Bonchev–Trinajstić information content (AvgIpc) is 2.50. The molecule has 0 N–H and O–H groups in total. The van der Waals surface area contributed by atoms with Crippen molar-refractivity contribution in [2.75, 3.05) is 13.2 Å². The molecule has 4 nitrogen and oxygen atoms in total. The van der Waals surface area contributed by atoms with Crippen LogP contribution in [-0.2, 0) is 19.1 Å². The second kappa shape index (κ2) is 10.6. The Morgan fingerprint density at radius 1 is 1.05 bits per heavy atom. The van der Waals surface area contributed by atoms with E-state index in [-0.39, 0.29) is 6.42 Å². The zero-order valence-corrected chi connectivity index (χ0v) is 13.6. The fourth-order valence-corrected chi connectivity index (χ4v) is 2.81. The Morgan fingerprint density at radius 2 is 1.71 bits per heavy atom. The van der Waals surface area contributed by atoms with Crippen LogP contribution in [0.3, 0.4) is 0 Å². The first-order valence-electron chi connectivity index (χ1n) is 8.46. The lowest BCUT2D eigenvalue weighted by atomic mass is 9.90. The average molecular weight is 298 g/mol. The van der Waals surface area contributed by atoms with Crippen LogP contribution < -0.4 is 0 Å². The minimum absolute atomic E-state index is 0.255. The molecule has 1 unspecified atom stereocenters. The summed E-state index contributed by atoms with van der Waals surface area (Å²) in [5.74, 6) is -0.0303. The van der Waals surface area contributed by atoms with Gasteiger partial charge in [0.1, 0.15) is 6.42 Å². The Hall–Kier alpha value is -1.06. The smallest absolute Gasteiger partial charge is 0.317 e. The molecule has 0 spiro atoms. The minimum atomic E-state index is -0.460. The zero-order chi connectivity index (χ0) is 15.5. The predicted molar refractivity (Wildman–Crippen MR) is 81.8 cm³/mol. The highest BCUT2D eigenvalue weighted by molar-refractivity contribution is 5.91. The van der Waals surface area contributed by atoms with Crippen LogP contribution in [0.2, 0.25) is 0 Å². The molecule has 0 heterocycles. The van der Waals surface area contributed by atoms with Crippen molar-refractivity contribution in [1.29, 1.82) is 0 Å². The normalized spacial score (nSPS) is 17.2. The van der Waals surface area contributed by atoms with Crippen molar-refractivity contribution < 1.29 is 19.1 Å². The summed E-state index contributed by atoms with van der Waals surface area (Å²) in [5, 5.41) is 0. The van der Waals surface area contributed by atoms with Gasteiger partial charge >= 0.3 is 11.9 Å². The van der Waals surface area contributed by atoms with Crippen molar-refractivity contribution in [3.05, 3.63) is 0 Å². The van der Waals surface area contributed by atoms with Gasteiger partial charge in [0.05, 0.1) is 13.2 Å². The molecule has 21 heavy (non-hydrogen) atoms. The van der Waals surface area contributed by atoms with Gasteiger partial charge in [-0.1, -0.05) is 46.0 Å². The van der Waals surface area contributed by atoms with Crippen LogP contribution in [0.4, 0.5) is 0 Å². The first-order chi connectivity index (χ1) is 10.2. The maximum absolute atomic E-state index is 11.6. The van der Waals surface area contributed by atoms with Gasteiger partial charge in [0, 0.05) is 0 Å². The molecule has 0 bridgehead atoms. The molecule has 0 aromatic heterocycles. The van der Waals surface area contributed by atoms with E-state index in [0.29, 0.717) is 25.0 Å². The van der Waals surface area contributed by atoms with Crippen LogP contribution in [0.25, 0.3) is 0 Å². The van der Waals surface area contributed by atoms with Gasteiger partial charge < -0.3 is 9.47 Å². The van der Waals surface area contributed by atoms with Crippen LogP contribution in [0, 0.1) is 11.8 Å². The number of carbonyl (C=O) groups excluding carboxylic acids is 2. The number of hydrogen-bond acceptors (Lipinski definition) is 4. The molecule has 1 aliphatic rings. The van der Waals surface area contributed by atoms with E-state index >= 15 is 0 Å². The van der Waals surface area contributed by atoms with Crippen LogP contribution >= 0.6 is 0 Å². The Bertz CT molecular complexity index is 289. The summed E-state index contributed by atoms with van der Waals surface area (Å²) in [6.45, 7) is 5.08. The molecule has 0 radical (unpaired) electrons. The molecule has 1 saturated carbocycles. The Balaban J connectivity index is 2.13. The van der Waals surface area contributed by atoms with Crippen molar-refractivity contribution in [2.24, 2.45) is 11.8 Å². The molecular formula is C17H30O4. The van der Waals surface area contributed by atoms with Crippen molar-refractivity contribution in [2.45, 2.75) is 71.6 Å². The van der Waals surface area contributed by atoms with Gasteiger partial charge in [-0.05, 0) is 31.1 Å². The second-order valence-corrected chi connectivity index (χ2v) is 6.11. The lowest BCUT2D eigenvalue weighted by Crippen LogP contribution is -2.20. The van der Waals surface area contributed by atoms with Crippen molar-refractivity contribution >= 4 is 11.9 Å². The van der Waals surface area contributed by atoms with Gasteiger partial charge in [0.15, 0.2) is 0 Å². The largest absolute Gasteiger partial charge is 0.465 e. The topological polar surface area (TPSA) is 52.6 Å². The fourth-order valence-electron chi connectivity index (χ4n) is 2.81. The number of rotatable bonds is 9. The summed E-state index contributed by atoms with van der Waals surface area (Å²) >= 11 is 0. The second-order valence-electron chi connectivity index (χ2n) is 6.11. The Kier molecular flexibility index (Phi) is 9.11. The van der Waals surface area contributed by atoms with Gasteiger partial charge in [0.2, 0.25) is 0 Å². The molecule has 0 aromatic rings. The SMILES string of the molecule is CCCC(CC)COC(=O)CC(=O)OCC1CCCCC1. The standard InChI is InChI=1S/C17H30O4/c1-3-8-14(4-2)12-20-16(18)11-17(19)21-13-15-9-6-5-7-10-15/h14-15H,3-13H2,1-2H3. The van der Waals surface area contributed by atoms with Gasteiger partial charge in [-0.25, -0.2) is 0 Å². The molecular weight excluding hydrogens is 268 g/mol. The third kappa shape index (κ3) is 8.08. The molecule has 0 aromatic carbocycles. The van der Waals surface area contributed by atoms with E-state index in [1.807, 2.05) is 0 Å². The summed E-state index contributed by atoms with van der Waals surface area (Å²) in [6.07, 6.45) is 8.87. The fraction of sp³-hybridized carbons (Fsp3) is 0.882. The van der Waals surface area contributed by atoms with Crippen LogP contribution in [0.1, 0.15) is 71.6 Å². The zero-order valence-electron chi connectivity index (χ0n) is 13.6. The molecule has 0 saturated heterocycles. The number of hydrogen-bond donors (Lipinski definition) is 0. The molecule has 122 valence electrons. The lowest BCUT2D eigenvalue weighted by Gasteiger charge is -2.21. The highest BCUT2D eigenvalue weighted by Crippen LogP contribution is 2.23. The van der Waals surface area contributed by atoms with E-state index < -0.39 is 11.9 Å². The molecule has 4 heteroatoms. The van der Waals surface area contributed by atoms with E-state index in [0.717, 1.165) is 32.1 Å². The van der Waals surface area contributed by atoms with Crippen molar-refractivity contribution in [1.82, 2.24) is 0 Å². The third-order valence-electron chi connectivity index (χ3n) is 4.25. The highest BCUT2D eigenvalue weighted by atomic mass is 16.6. The highest BCUT2D eigenvalue weighted by Gasteiger charge is 2.18. The van der Waals surface area contributed by atoms with Crippen LogP contribution in [-0.4, -0.2) is 25.2 Å². The number of ether oxygens (including phenoxy) is 2. The summed E-state index contributed by atoms with van der Waals surface area (Å²) in [5.41, 5.74) is 0. The lowest BCUT2D eigenvalue weighted by molar-refractivity contribution is -0.156. The molecule has 1 atom stereocenters. The van der Waals surface area contributed by atoms with Crippen LogP contribution in [0.5, 0.6) is 0 Å². The molecule has 1 aliphatic carbocycles. The van der Waals surface area contributed by atoms with E-state index in [9.17, 15) is 9.59 Å². The van der Waals surface area contributed by atoms with Gasteiger partial charge in [-0.15, -0.1) is 0 Å². The van der Waals surface area contributed by atoms with E-state index in [1.54, 1.807) is 0 Å². The third-order valence-corrected chi connectivity index (χ3v) is 4.25. The first-order valence-corrected chi connectivity index (χ1v) is 8.46. The molecule has 0 aliphatic heterocycles. The number of carbonyl (C=O) groups is 2. The van der Waals surface area contributed by atoms with E-state index in [2.05, 4.69) is 13.8 Å². The van der Waals surface area contributed by atoms with Crippen molar-refractivity contribution in [3.8, 4) is 0 Å². The van der Waals surface area contributed by atoms with Gasteiger partial charge in [0.25, 0.3) is 0 Å². The predicted octanol–water partition coefficient (Wildman–Crippen LogP) is 3.87. The quantitative estimate of drug-likeness (QED) is 0.479. The molecule has 0 amide bonds. The summed E-state index contributed by atoms with van der Waals surface area (Å²) in [7, 11) is 0. The van der Waals surface area contributed by atoms with Gasteiger partial charge in [-0.2, -0.15) is 0 Å². The monoisotopic (exact) mass is 298 g/mol. The Morgan fingerprint density at radius 3 is 2.33 bits per heavy atom.